The topological polar surface area (TPSA) is 32.3 Å². The minimum Gasteiger partial charge on any atom is -0.396 e. The third-order valence-corrected chi connectivity index (χ3v) is 4.65. The van der Waals surface area contributed by atoms with E-state index in [1.54, 1.807) is 0 Å². The molecule has 2 nitrogen and oxygen atoms in total. The zero-order valence-electron chi connectivity index (χ0n) is 10.6. The Bertz CT molecular complexity index is 166. The Morgan fingerprint density at radius 2 is 2.00 bits per heavy atom. The molecular weight excluding hydrogens is 218 g/mol. The smallest absolute Gasteiger partial charge is 0.0431 e. The summed E-state index contributed by atoms with van der Waals surface area (Å²) in [6, 6.07) is 0.766. The van der Waals surface area contributed by atoms with E-state index in [1.165, 1.54) is 44.3 Å². The van der Waals surface area contributed by atoms with Crippen molar-refractivity contribution in [3.05, 3.63) is 0 Å². The molecule has 1 aliphatic carbocycles. The first-order valence-corrected chi connectivity index (χ1v) is 7.89. The summed E-state index contributed by atoms with van der Waals surface area (Å²) in [5.41, 5.74) is 0. The van der Waals surface area contributed by atoms with E-state index >= 15 is 0 Å². The van der Waals surface area contributed by atoms with Crippen molar-refractivity contribution in [1.29, 1.82) is 0 Å². The number of aliphatic hydroxyl groups excluding tert-OH is 1. The normalized spacial score (nSPS) is 25.1. The van der Waals surface area contributed by atoms with Crippen molar-refractivity contribution < 1.29 is 5.11 Å². The van der Waals surface area contributed by atoms with Gasteiger partial charge < -0.3 is 10.4 Å². The summed E-state index contributed by atoms with van der Waals surface area (Å²) in [5, 5.41) is 13.2. The molecule has 2 unspecified atom stereocenters. The quantitative estimate of drug-likeness (QED) is 0.613. The maximum Gasteiger partial charge on any atom is 0.0431 e. The molecule has 0 amide bonds. The van der Waals surface area contributed by atoms with Gasteiger partial charge in [-0.3, -0.25) is 0 Å². The van der Waals surface area contributed by atoms with Gasteiger partial charge in [0, 0.05) is 17.9 Å². The van der Waals surface area contributed by atoms with Gasteiger partial charge in [-0.15, -0.1) is 0 Å². The first kappa shape index (κ1) is 14.3. The van der Waals surface area contributed by atoms with Crippen molar-refractivity contribution in [2.45, 2.75) is 63.2 Å². The van der Waals surface area contributed by atoms with Crippen molar-refractivity contribution in [2.24, 2.45) is 0 Å². The SMILES string of the molecule is CCSC1CCCC1NCCCCCCO. The zero-order chi connectivity index (χ0) is 11.6. The molecule has 0 aromatic carbocycles. The first-order valence-electron chi connectivity index (χ1n) is 6.84. The van der Waals surface area contributed by atoms with Gasteiger partial charge in [0.05, 0.1) is 0 Å². The number of unbranched alkanes of at least 4 members (excludes halogenated alkanes) is 3. The van der Waals surface area contributed by atoms with Crippen LogP contribution in [0.5, 0.6) is 0 Å². The Morgan fingerprint density at radius 3 is 2.75 bits per heavy atom. The second kappa shape index (κ2) is 9.32. The molecule has 96 valence electrons. The summed E-state index contributed by atoms with van der Waals surface area (Å²) >= 11 is 2.12. The first-order chi connectivity index (χ1) is 7.88. The largest absolute Gasteiger partial charge is 0.396 e. The van der Waals surface area contributed by atoms with E-state index in [-0.39, 0.29) is 0 Å². The molecule has 16 heavy (non-hydrogen) atoms. The van der Waals surface area contributed by atoms with Crippen LogP contribution in [0.25, 0.3) is 0 Å². The summed E-state index contributed by atoms with van der Waals surface area (Å²) in [5.74, 6) is 1.25. The van der Waals surface area contributed by atoms with E-state index in [1.807, 2.05) is 0 Å². The molecule has 1 saturated carbocycles. The lowest BCUT2D eigenvalue weighted by Gasteiger charge is -2.20. The van der Waals surface area contributed by atoms with E-state index in [4.69, 9.17) is 5.11 Å². The third kappa shape index (κ3) is 5.55. The average molecular weight is 245 g/mol. The fourth-order valence-electron chi connectivity index (χ4n) is 2.45. The van der Waals surface area contributed by atoms with Gasteiger partial charge >= 0.3 is 0 Å². The van der Waals surface area contributed by atoms with Crippen LogP contribution in [0.15, 0.2) is 0 Å². The van der Waals surface area contributed by atoms with Crippen LogP contribution in [0, 0.1) is 0 Å². The van der Waals surface area contributed by atoms with E-state index in [0.717, 1.165) is 24.3 Å². The molecule has 3 heteroatoms. The summed E-state index contributed by atoms with van der Waals surface area (Å²) in [6.07, 6.45) is 8.84. The highest BCUT2D eigenvalue weighted by molar-refractivity contribution is 7.99. The molecule has 1 rings (SSSR count). The van der Waals surface area contributed by atoms with E-state index < -0.39 is 0 Å². The lowest BCUT2D eigenvalue weighted by Crippen LogP contribution is -2.34. The molecule has 0 heterocycles. The molecule has 0 bridgehead atoms. The van der Waals surface area contributed by atoms with Crippen molar-refractivity contribution in [3.8, 4) is 0 Å². The van der Waals surface area contributed by atoms with Crippen molar-refractivity contribution >= 4 is 11.8 Å². The molecule has 0 aromatic heterocycles. The van der Waals surface area contributed by atoms with Crippen LogP contribution in [0.3, 0.4) is 0 Å². The lowest BCUT2D eigenvalue weighted by molar-refractivity contribution is 0.282. The highest BCUT2D eigenvalue weighted by Crippen LogP contribution is 2.29. The van der Waals surface area contributed by atoms with E-state index in [9.17, 15) is 0 Å². The number of rotatable bonds is 9. The lowest BCUT2D eigenvalue weighted by atomic mass is 10.2. The van der Waals surface area contributed by atoms with Gasteiger partial charge in [0.25, 0.3) is 0 Å². The van der Waals surface area contributed by atoms with Gasteiger partial charge in [-0.2, -0.15) is 11.8 Å². The molecule has 2 atom stereocenters. The van der Waals surface area contributed by atoms with Gasteiger partial charge in [0.15, 0.2) is 0 Å². The molecule has 1 fully saturated rings. The van der Waals surface area contributed by atoms with Gasteiger partial charge in [-0.25, -0.2) is 0 Å². The van der Waals surface area contributed by atoms with E-state index in [0.29, 0.717) is 6.61 Å². The van der Waals surface area contributed by atoms with Crippen molar-refractivity contribution in [3.63, 3.8) is 0 Å². The fraction of sp³-hybridized carbons (Fsp3) is 1.00. The molecule has 2 N–H and O–H groups in total. The maximum absolute atomic E-state index is 8.67. The molecule has 0 radical (unpaired) electrons. The van der Waals surface area contributed by atoms with Crippen molar-refractivity contribution in [1.82, 2.24) is 5.32 Å². The van der Waals surface area contributed by atoms with Crippen LogP contribution < -0.4 is 5.32 Å². The van der Waals surface area contributed by atoms with Crippen LogP contribution >= 0.6 is 11.8 Å². The molecular formula is C13H27NOS. The monoisotopic (exact) mass is 245 g/mol. The summed E-state index contributed by atoms with van der Waals surface area (Å²) < 4.78 is 0. The van der Waals surface area contributed by atoms with Crippen LogP contribution in [-0.2, 0) is 0 Å². The summed E-state index contributed by atoms with van der Waals surface area (Å²) in [6.45, 7) is 3.77. The minimum atomic E-state index is 0.352. The summed E-state index contributed by atoms with van der Waals surface area (Å²) in [7, 11) is 0. The Morgan fingerprint density at radius 1 is 1.19 bits per heavy atom. The number of nitrogens with one attached hydrogen (secondary N) is 1. The van der Waals surface area contributed by atoms with Crippen LogP contribution in [0.1, 0.15) is 51.9 Å². The maximum atomic E-state index is 8.67. The Hall–Kier alpha value is 0.270. The van der Waals surface area contributed by atoms with Crippen LogP contribution in [0.2, 0.25) is 0 Å². The fourth-order valence-corrected chi connectivity index (χ4v) is 3.68. The van der Waals surface area contributed by atoms with Gasteiger partial charge in [0.2, 0.25) is 0 Å². The Labute approximate surface area is 105 Å². The predicted octanol–water partition coefficient (Wildman–Crippen LogP) is 2.80. The molecule has 0 aromatic rings. The highest BCUT2D eigenvalue weighted by Gasteiger charge is 2.25. The Kier molecular flexibility index (Phi) is 8.34. The molecule has 0 saturated heterocycles. The molecule has 0 spiro atoms. The second-order valence-corrected chi connectivity index (χ2v) is 6.14. The van der Waals surface area contributed by atoms with Gasteiger partial charge in [-0.1, -0.05) is 26.2 Å². The van der Waals surface area contributed by atoms with Crippen LogP contribution in [0.4, 0.5) is 0 Å². The third-order valence-electron chi connectivity index (χ3n) is 3.32. The van der Waals surface area contributed by atoms with E-state index in [2.05, 4.69) is 24.0 Å². The number of aliphatic hydroxyl groups is 1. The van der Waals surface area contributed by atoms with Gasteiger partial charge in [-0.05, 0) is 38.0 Å². The standard InChI is InChI=1S/C13H27NOS/c1-2-16-13-9-7-8-12(13)14-10-5-3-4-6-11-15/h12-15H,2-11H2,1H3. The minimum absolute atomic E-state index is 0.352. The Balaban J connectivity index is 1.99. The highest BCUT2D eigenvalue weighted by atomic mass is 32.2. The van der Waals surface area contributed by atoms with Crippen LogP contribution in [-0.4, -0.2) is 35.3 Å². The average Bonchev–Trinajstić information content (AvgIpc) is 2.72. The number of hydrogen-bond donors (Lipinski definition) is 2. The molecule has 0 aliphatic heterocycles. The molecule has 1 aliphatic rings. The summed E-state index contributed by atoms with van der Waals surface area (Å²) in [4.78, 5) is 0. The number of thioether (sulfide) groups is 1. The van der Waals surface area contributed by atoms with Crippen molar-refractivity contribution in [2.75, 3.05) is 18.9 Å². The number of hydrogen-bond acceptors (Lipinski definition) is 3. The zero-order valence-corrected chi connectivity index (χ0v) is 11.4. The second-order valence-electron chi connectivity index (χ2n) is 4.62. The van der Waals surface area contributed by atoms with Gasteiger partial charge in [0.1, 0.15) is 0 Å². The predicted molar refractivity (Wildman–Crippen MR) is 73.1 cm³/mol.